The topological polar surface area (TPSA) is 57.6 Å². The third-order valence-electron chi connectivity index (χ3n) is 2.86. The molecule has 1 saturated heterocycles. The predicted molar refractivity (Wildman–Crippen MR) is 57.6 cm³/mol. The van der Waals surface area contributed by atoms with Gasteiger partial charge < -0.3 is 10.0 Å². The molecule has 1 aliphatic heterocycles. The van der Waals surface area contributed by atoms with E-state index in [1.807, 2.05) is 0 Å². The second kappa shape index (κ2) is 4.53. The highest BCUT2D eigenvalue weighted by molar-refractivity contribution is 5.87. The van der Waals surface area contributed by atoms with Gasteiger partial charge in [-0.2, -0.15) is 0 Å². The Morgan fingerprint density at radius 2 is 2.29 bits per heavy atom. The van der Waals surface area contributed by atoms with Crippen molar-refractivity contribution in [1.82, 2.24) is 4.90 Å². The second-order valence-electron chi connectivity index (χ2n) is 4.04. The average molecular weight is 237 g/mol. The molecule has 0 aromatic heterocycles. The SMILES string of the molecule is O=C(O)C1CCC(=O)N1Cc1cccc(F)c1. The molecule has 0 spiro atoms. The summed E-state index contributed by atoms with van der Waals surface area (Å²) in [6.45, 7) is 0.146. The highest BCUT2D eigenvalue weighted by Gasteiger charge is 2.35. The van der Waals surface area contributed by atoms with Crippen LogP contribution in [0.15, 0.2) is 24.3 Å². The minimum atomic E-state index is -1.01. The first-order chi connectivity index (χ1) is 8.08. The van der Waals surface area contributed by atoms with Crippen molar-refractivity contribution in [2.75, 3.05) is 0 Å². The van der Waals surface area contributed by atoms with Gasteiger partial charge in [-0.25, -0.2) is 9.18 Å². The molecule has 2 rings (SSSR count). The molecule has 4 nitrogen and oxygen atoms in total. The van der Waals surface area contributed by atoms with Gasteiger partial charge >= 0.3 is 5.97 Å². The van der Waals surface area contributed by atoms with E-state index in [1.54, 1.807) is 12.1 Å². The van der Waals surface area contributed by atoms with Crippen LogP contribution in [0, 0.1) is 5.82 Å². The van der Waals surface area contributed by atoms with Gasteiger partial charge in [0, 0.05) is 13.0 Å². The largest absolute Gasteiger partial charge is 0.480 e. The lowest BCUT2D eigenvalue weighted by Gasteiger charge is -2.21. The van der Waals surface area contributed by atoms with Gasteiger partial charge in [0.25, 0.3) is 0 Å². The van der Waals surface area contributed by atoms with Crippen LogP contribution < -0.4 is 0 Å². The summed E-state index contributed by atoms with van der Waals surface area (Å²) in [5.41, 5.74) is 0.603. The first-order valence-electron chi connectivity index (χ1n) is 5.34. The quantitative estimate of drug-likeness (QED) is 0.864. The Bertz CT molecular complexity index is 461. The van der Waals surface area contributed by atoms with Crippen LogP contribution in [0.25, 0.3) is 0 Å². The number of carbonyl (C=O) groups excluding carboxylic acids is 1. The smallest absolute Gasteiger partial charge is 0.326 e. The van der Waals surface area contributed by atoms with Gasteiger partial charge in [0.1, 0.15) is 11.9 Å². The maximum atomic E-state index is 13.0. The molecule has 90 valence electrons. The number of hydrogen-bond acceptors (Lipinski definition) is 2. The molecular formula is C12H12FNO3. The Kier molecular flexibility index (Phi) is 3.08. The van der Waals surface area contributed by atoms with Crippen LogP contribution in [0.4, 0.5) is 4.39 Å². The summed E-state index contributed by atoms with van der Waals surface area (Å²) >= 11 is 0. The van der Waals surface area contributed by atoms with Gasteiger partial charge in [0.05, 0.1) is 0 Å². The van der Waals surface area contributed by atoms with E-state index in [2.05, 4.69) is 0 Å². The summed E-state index contributed by atoms with van der Waals surface area (Å²) in [6.07, 6.45) is 0.565. The number of likely N-dealkylation sites (tertiary alicyclic amines) is 1. The van der Waals surface area contributed by atoms with Crippen molar-refractivity contribution in [3.8, 4) is 0 Å². The zero-order valence-corrected chi connectivity index (χ0v) is 9.10. The molecule has 1 aliphatic rings. The normalized spacial score (nSPS) is 19.7. The molecule has 1 atom stereocenters. The predicted octanol–water partition coefficient (Wildman–Crippen LogP) is 1.40. The lowest BCUT2D eigenvalue weighted by atomic mass is 10.2. The van der Waals surface area contributed by atoms with Crippen LogP contribution in [0.1, 0.15) is 18.4 Å². The Hall–Kier alpha value is -1.91. The van der Waals surface area contributed by atoms with Gasteiger partial charge in [-0.3, -0.25) is 4.79 Å². The minimum absolute atomic E-state index is 0.146. The number of rotatable bonds is 3. The van der Waals surface area contributed by atoms with Crippen molar-refractivity contribution in [2.45, 2.75) is 25.4 Å². The van der Waals surface area contributed by atoms with Crippen LogP contribution in [0.5, 0.6) is 0 Å². The van der Waals surface area contributed by atoms with Crippen molar-refractivity contribution in [2.24, 2.45) is 0 Å². The lowest BCUT2D eigenvalue weighted by molar-refractivity contribution is -0.146. The highest BCUT2D eigenvalue weighted by atomic mass is 19.1. The van der Waals surface area contributed by atoms with E-state index in [4.69, 9.17) is 5.11 Å². The van der Waals surface area contributed by atoms with Gasteiger partial charge in [-0.05, 0) is 24.1 Å². The van der Waals surface area contributed by atoms with E-state index in [0.717, 1.165) is 0 Å². The molecule has 1 fully saturated rings. The van der Waals surface area contributed by atoms with Crippen LogP contribution >= 0.6 is 0 Å². The van der Waals surface area contributed by atoms with Crippen LogP contribution in [0.2, 0.25) is 0 Å². The van der Waals surface area contributed by atoms with Crippen molar-refractivity contribution in [3.63, 3.8) is 0 Å². The number of amides is 1. The van der Waals surface area contributed by atoms with Crippen LogP contribution in [0.3, 0.4) is 0 Å². The Balaban J connectivity index is 2.16. The van der Waals surface area contributed by atoms with Gasteiger partial charge in [-0.1, -0.05) is 12.1 Å². The number of aliphatic carboxylic acids is 1. The Labute approximate surface area is 97.7 Å². The van der Waals surface area contributed by atoms with E-state index in [0.29, 0.717) is 12.0 Å². The van der Waals surface area contributed by atoms with Gasteiger partial charge in [0.2, 0.25) is 5.91 Å². The first kappa shape index (κ1) is 11.6. The molecule has 5 heteroatoms. The summed E-state index contributed by atoms with van der Waals surface area (Å²) in [6, 6.07) is 5.05. The summed E-state index contributed by atoms with van der Waals surface area (Å²) < 4.78 is 13.0. The molecule has 1 aromatic rings. The zero-order chi connectivity index (χ0) is 12.4. The lowest BCUT2D eigenvalue weighted by Crippen LogP contribution is -2.37. The molecule has 1 heterocycles. The number of carboxylic acids is 1. The fourth-order valence-corrected chi connectivity index (χ4v) is 2.02. The van der Waals surface area contributed by atoms with Crippen molar-refractivity contribution in [1.29, 1.82) is 0 Å². The molecule has 0 saturated carbocycles. The summed E-state index contributed by atoms with van der Waals surface area (Å²) in [4.78, 5) is 23.8. The fourth-order valence-electron chi connectivity index (χ4n) is 2.02. The third kappa shape index (κ3) is 2.43. The first-order valence-corrected chi connectivity index (χ1v) is 5.34. The van der Waals surface area contributed by atoms with E-state index < -0.39 is 12.0 Å². The van der Waals surface area contributed by atoms with E-state index in [9.17, 15) is 14.0 Å². The van der Waals surface area contributed by atoms with Crippen LogP contribution in [-0.2, 0) is 16.1 Å². The van der Waals surface area contributed by atoms with Crippen molar-refractivity contribution < 1.29 is 19.1 Å². The standard InChI is InChI=1S/C12H12FNO3/c13-9-3-1-2-8(6-9)7-14-10(12(16)17)4-5-11(14)15/h1-3,6,10H,4-5,7H2,(H,16,17). The van der Waals surface area contributed by atoms with Gasteiger partial charge in [0.15, 0.2) is 0 Å². The summed E-state index contributed by atoms with van der Waals surface area (Å²) in [5.74, 6) is -1.59. The van der Waals surface area contributed by atoms with E-state index in [-0.39, 0.29) is 24.7 Å². The Morgan fingerprint density at radius 3 is 2.94 bits per heavy atom. The maximum Gasteiger partial charge on any atom is 0.326 e. The Morgan fingerprint density at radius 1 is 1.53 bits per heavy atom. The maximum absolute atomic E-state index is 13.0. The number of benzene rings is 1. The molecule has 0 aliphatic carbocycles. The molecule has 1 aromatic carbocycles. The second-order valence-corrected chi connectivity index (χ2v) is 4.04. The minimum Gasteiger partial charge on any atom is -0.480 e. The fraction of sp³-hybridized carbons (Fsp3) is 0.333. The monoisotopic (exact) mass is 237 g/mol. The van der Waals surface area contributed by atoms with E-state index in [1.165, 1.54) is 17.0 Å². The zero-order valence-electron chi connectivity index (χ0n) is 9.10. The number of halogens is 1. The molecule has 1 N–H and O–H groups in total. The number of carboxylic acid groups (broad SMARTS) is 1. The molecular weight excluding hydrogens is 225 g/mol. The number of carbonyl (C=O) groups is 2. The molecule has 17 heavy (non-hydrogen) atoms. The number of nitrogens with zero attached hydrogens (tertiary/aromatic N) is 1. The van der Waals surface area contributed by atoms with Crippen LogP contribution in [-0.4, -0.2) is 27.9 Å². The van der Waals surface area contributed by atoms with Crippen molar-refractivity contribution in [3.05, 3.63) is 35.6 Å². The highest BCUT2D eigenvalue weighted by Crippen LogP contribution is 2.21. The molecule has 1 amide bonds. The summed E-state index contributed by atoms with van der Waals surface area (Å²) in [5, 5.41) is 8.97. The van der Waals surface area contributed by atoms with Crippen molar-refractivity contribution >= 4 is 11.9 Å². The van der Waals surface area contributed by atoms with Gasteiger partial charge in [-0.15, -0.1) is 0 Å². The molecule has 0 bridgehead atoms. The molecule has 1 unspecified atom stereocenters. The van der Waals surface area contributed by atoms with E-state index >= 15 is 0 Å². The average Bonchev–Trinajstić information content (AvgIpc) is 2.61. The summed E-state index contributed by atoms with van der Waals surface area (Å²) in [7, 11) is 0. The molecule has 0 radical (unpaired) electrons. The number of hydrogen-bond donors (Lipinski definition) is 1. The third-order valence-corrected chi connectivity index (χ3v) is 2.86.